The Morgan fingerprint density at radius 3 is 2.55 bits per heavy atom. The van der Waals surface area contributed by atoms with Gasteiger partial charge in [0.15, 0.2) is 5.78 Å². The first-order valence-electron chi connectivity index (χ1n) is 13.1. The van der Waals surface area contributed by atoms with Gasteiger partial charge in [0, 0.05) is 36.1 Å². The SMILES string of the molecule is Cc1ccc(-c2nc(CC(=O)c3cnc(N4CCC(C(=O)O)CC4)cn3)sc2CN2CCC[C@H]2C)cc1F. The number of nitrogens with zero attached hydrogens (tertiary/aromatic N) is 5. The number of aliphatic carboxylic acids is 1. The van der Waals surface area contributed by atoms with Gasteiger partial charge in [-0.15, -0.1) is 11.3 Å². The molecule has 3 aromatic rings. The molecule has 0 amide bonds. The Morgan fingerprint density at radius 2 is 1.92 bits per heavy atom. The van der Waals surface area contributed by atoms with Gasteiger partial charge in [0.1, 0.15) is 22.3 Å². The summed E-state index contributed by atoms with van der Waals surface area (Å²) in [5.41, 5.74) is 2.31. The highest BCUT2D eigenvalue weighted by atomic mass is 32.1. The second-order valence-electron chi connectivity index (χ2n) is 10.3. The van der Waals surface area contributed by atoms with Gasteiger partial charge in [-0.05, 0) is 57.7 Å². The van der Waals surface area contributed by atoms with Gasteiger partial charge in [-0.25, -0.2) is 19.3 Å². The molecule has 2 aliphatic rings. The van der Waals surface area contributed by atoms with E-state index in [0.717, 1.165) is 42.1 Å². The zero-order valence-electron chi connectivity index (χ0n) is 21.7. The zero-order chi connectivity index (χ0) is 26.8. The molecule has 0 spiro atoms. The second-order valence-corrected chi connectivity index (χ2v) is 11.4. The number of anilines is 1. The Balaban J connectivity index is 1.32. The molecular weight excluding hydrogens is 505 g/mol. The summed E-state index contributed by atoms with van der Waals surface area (Å²) in [4.78, 5) is 43.3. The van der Waals surface area contributed by atoms with Gasteiger partial charge in [-0.1, -0.05) is 12.1 Å². The van der Waals surface area contributed by atoms with Crippen LogP contribution < -0.4 is 4.90 Å². The number of aryl methyl sites for hydroxylation is 1. The molecule has 10 heteroatoms. The van der Waals surface area contributed by atoms with E-state index in [1.165, 1.54) is 23.6 Å². The molecule has 1 aromatic carbocycles. The molecule has 8 nitrogen and oxygen atoms in total. The van der Waals surface area contributed by atoms with Gasteiger partial charge in [0.05, 0.1) is 30.4 Å². The molecule has 2 aromatic heterocycles. The van der Waals surface area contributed by atoms with Crippen LogP contribution in [0.3, 0.4) is 0 Å². The third kappa shape index (κ3) is 5.76. The van der Waals surface area contributed by atoms with Gasteiger partial charge < -0.3 is 10.0 Å². The third-order valence-corrected chi connectivity index (χ3v) is 8.67. The molecule has 0 unspecified atom stereocenters. The molecule has 0 bridgehead atoms. The smallest absolute Gasteiger partial charge is 0.306 e. The summed E-state index contributed by atoms with van der Waals surface area (Å²) in [6.45, 7) is 6.90. The molecule has 2 saturated heterocycles. The molecule has 0 saturated carbocycles. The average Bonchev–Trinajstić information content (AvgIpc) is 3.51. The van der Waals surface area contributed by atoms with Gasteiger partial charge >= 0.3 is 5.97 Å². The Hall–Kier alpha value is -3.24. The van der Waals surface area contributed by atoms with E-state index in [9.17, 15) is 19.1 Å². The van der Waals surface area contributed by atoms with Crippen molar-refractivity contribution < 1.29 is 19.1 Å². The summed E-state index contributed by atoms with van der Waals surface area (Å²) in [6, 6.07) is 5.65. The van der Waals surface area contributed by atoms with Crippen LogP contribution in [-0.4, -0.2) is 62.4 Å². The minimum absolute atomic E-state index is 0.0968. The highest BCUT2D eigenvalue weighted by Gasteiger charge is 2.26. The van der Waals surface area contributed by atoms with Crippen LogP contribution in [0, 0.1) is 18.7 Å². The number of hydrogen-bond donors (Lipinski definition) is 1. The number of carboxylic acid groups (broad SMARTS) is 1. The van der Waals surface area contributed by atoms with E-state index in [2.05, 4.69) is 21.8 Å². The highest BCUT2D eigenvalue weighted by molar-refractivity contribution is 7.12. The number of aromatic nitrogens is 3. The minimum Gasteiger partial charge on any atom is -0.481 e. The molecule has 0 radical (unpaired) electrons. The number of hydrogen-bond acceptors (Lipinski definition) is 8. The fraction of sp³-hybridized carbons (Fsp3) is 0.464. The molecule has 1 N–H and O–H groups in total. The molecule has 4 heterocycles. The van der Waals surface area contributed by atoms with Crippen molar-refractivity contribution in [2.45, 2.75) is 58.5 Å². The second kappa shape index (κ2) is 11.2. The normalized spacial score (nSPS) is 18.7. The number of halogens is 1. The summed E-state index contributed by atoms with van der Waals surface area (Å²) in [5.74, 6) is -0.877. The molecule has 2 aliphatic heterocycles. The number of piperidine rings is 1. The van der Waals surface area contributed by atoms with Crippen molar-refractivity contribution in [1.29, 1.82) is 0 Å². The lowest BCUT2D eigenvalue weighted by molar-refractivity contribution is -0.142. The van der Waals surface area contributed by atoms with Gasteiger partial charge in [0.2, 0.25) is 0 Å². The Labute approximate surface area is 225 Å². The maximum Gasteiger partial charge on any atom is 0.306 e. The number of carboxylic acids is 1. The quantitative estimate of drug-likeness (QED) is 0.411. The number of carbonyl (C=O) groups is 2. The third-order valence-electron chi connectivity index (χ3n) is 7.63. The van der Waals surface area contributed by atoms with Crippen LogP contribution in [0.25, 0.3) is 11.3 Å². The van der Waals surface area contributed by atoms with Crippen molar-refractivity contribution in [3.05, 3.63) is 57.6 Å². The van der Waals surface area contributed by atoms with Crippen molar-refractivity contribution in [1.82, 2.24) is 19.9 Å². The van der Waals surface area contributed by atoms with Crippen LogP contribution in [0.2, 0.25) is 0 Å². The van der Waals surface area contributed by atoms with Crippen LogP contribution in [0.4, 0.5) is 10.2 Å². The van der Waals surface area contributed by atoms with Crippen molar-refractivity contribution in [3.8, 4) is 11.3 Å². The first-order chi connectivity index (χ1) is 18.3. The maximum atomic E-state index is 14.4. The first kappa shape index (κ1) is 26.4. The van der Waals surface area contributed by atoms with Gasteiger partial charge in [-0.3, -0.25) is 14.5 Å². The number of Topliss-reactive ketones (excluding diaryl/α,β-unsaturated/α-hetero) is 1. The molecule has 200 valence electrons. The average molecular weight is 538 g/mol. The summed E-state index contributed by atoms with van der Waals surface area (Å²) in [6.07, 6.45) is 6.60. The van der Waals surface area contributed by atoms with Crippen LogP contribution in [0.1, 0.15) is 58.5 Å². The number of benzene rings is 1. The Bertz CT molecular complexity index is 1320. The number of thiazole rings is 1. The lowest BCUT2D eigenvalue weighted by Crippen LogP contribution is -2.36. The van der Waals surface area contributed by atoms with E-state index in [-0.39, 0.29) is 29.6 Å². The predicted molar refractivity (Wildman–Crippen MR) is 144 cm³/mol. The monoisotopic (exact) mass is 537 g/mol. The van der Waals surface area contributed by atoms with E-state index in [1.54, 1.807) is 19.2 Å². The minimum atomic E-state index is -0.757. The molecule has 5 rings (SSSR count). The van der Waals surface area contributed by atoms with Crippen molar-refractivity contribution in [2.75, 3.05) is 24.5 Å². The molecular formula is C28H32FN5O3S. The van der Waals surface area contributed by atoms with Crippen LogP contribution >= 0.6 is 11.3 Å². The van der Waals surface area contributed by atoms with Crippen LogP contribution in [0.5, 0.6) is 0 Å². The standard InChI is InChI=1S/C28H32FN5O3S/c1-17-5-6-20(12-21(17)29)27-24(16-34-9-3-4-18(34)2)38-26(32-27)13-23(35)22-14-31-25(15-30-22)33-10-7-19(8-11-33)28(36)37/h5-6,12,14-15,18-19H,3-4,7-11,13,16H2,1-2H3,(H,36,37)/t18-/m1/s1. The fourth-order valence-corrected chi connectivity index (χ4v) is 6.29. The summed E-state index contributed by atoms with van der Waals surface area (Å²) in [5, 5.41) is 9.87. The maximum absolute atomic E-state index is 14.4. The molecule has 38 heavy (non-hydrogen) atoms. The van der Waals surface area contributed by atoms with E-state index >= 15 is 0 Å². The van der Waals surface area contributed by atoms with E-state index < -0.39 is 5.97 Å². The van der Waals surface area contributed by atoms with Crippen molar-refractivity contribution >= 4 is 28.9 Å². The predicted octanol–water partition coefficient (Wildman–Crippen LogP) is 4.76. The van der Waals surface area contributed by atoms with Crippen LogP contribution in [-0.2, 0) is 17.8 Å². The summed E-state index contributed by atoms with van der Waals surface area (Å²) < 4.78 is 14.4. The van der Waals surface area contributed by atoms with Crippen molar-refractivity contribution in [3.63, 3.8) is 0 Å². The van der Waals surface area contributed by atoms with Crippen molar-refractivity contribution in [2.24, 2.45) is 5.92 Å². The Kier molecular flexibility index (Phi) is 7.80. The molecule has 2 fully saturated rings. The number of carbonyl (C=O) groups excluding carboxylic acids is 1. The van der Waals surface area contributed by atoms with Gasteiger partial charge in [0.25, 0.3) is 0 Å². The molecule has 0 aliphatic carbocycles. The highest BCUT2D eigenvalue weighted by Crippen LogP contribution is 2.33. The van der Waals surface area contributed by atoms with E-state index in [1.807, 2.05) is 11.0 Å². The number of rotatable bonds is 8. The first-order valence-corrected chi connectivity index (χ1v) is 13.9. The fourth-order valence-electron chi connectivity index (χ4n) is 5.17. The lowest BCUT2D eigenvalue weighted by atomic mass is 9.97. The van der Waals surface area contributed by atoms with Crippen LogP contribution in [0.15, 0.2) is 30.6 Å². The topological polar surface area (TPSA) is 99.5 Å². The van der Waals surface area contributed by atoms with Gasteiger partial charge in [-0.2, -0.15) is 0 Å². The van der Waals surface area contributed by atoms with E-state index in [4.69, 9.17) is 4.98 Å². The number of likely N-dealkylation sites (tertiary alicyclic amines) is 1. The Morgan fingerprint density at radius 1 is 1.13 bits per heavy atom. The molecule has 1 atom stereocenters. The lowest BCUT2D eigenvalue weighted by Gasteiger charge is -2.30. The zero-order valence-corrected chi connectivity index (χ0v) is 22.5. The summed E-state index contributed by atoms with van der Waals surface area (Å²) in [7, 11) is 0. The largest absolute Gasteiger partial charge is 0.481 e. The number of ketones is 1. The summed E-state index contributed by atoms with van der Waals surface area (Å²) >= 11 is 1.50. The van der Waals surface area contributed by atoms with E-state index in [0.29, 0.717) is 48.4 Å².